The highest BCUT2D eigenvalue weighted by Gasteiger charge is 2.46. The second-order valence-electron chi connectivity index (χ2n) is 10.2. The van der Waals surface area contributed by atoms with Crippen molar-refractivity contribution in [2.24, 2.45) is 10.9 Å². The lowest BCUT2D eigenvalue weighted by Crippen LogP contribution is -2.38. The fourth-order valence-corrected chi connectivity index (χ4v) is 5.88. The topological polar surface area (TPSA) is 74.2 Å². The lowest BCUT2D eigenvalue weighted by atomic mass is 9.69. The molecule has 0 bridgehead atoms. The summed E-state index contributed by atoms with van der Waals surface area (Å²) in [4.78, 5) is 32.5. The zero-order valence-corrected chi connectivity index (χ0v) is 23.6. The fourth-order valence-electron chi connectivity index (χ4n) is 5.76. The third-order valence-corrected chi connectivity index (χ3v) is 7.99. The molecule has 0 radical (unpaired) electrons. The maximum absolute atomic E-state index is 13.9. The summed E-state index contributed by atoms with van der Waals surface area (Å²) in [5.41, 5.74) is 4.69. The van der Waals surface area contributed by atoms with Crippen LogP contribution in [0.5, 0.6) is 11.5 Å². The van der Waals surface area contributed by atoms with Crippen LogP contribution in [0.15, 0.2) is 89.1 Å². The Kier molecular flexibility index (Phi) is 8.36. The van der Waals surface area contributed by atoms with Gasteiger partial charge in [-0.05, 0) is 60.7 Å². The maximum Gasteiger partial charge on any atom is 0.315 e. The van der Waals surface area contributed by atoms with E-state index in [9.17, 15) is 9.59 Å². The number of nitrogens with zero attached hydrogens (tertiary/aromatic N) is 1. The van der Waals surface area contributed by atoms with Crippen LogP contribution in [0.25, 0.3) is 0 Å². The van der Waals surface area contributed by atoms with Gasteiger partial charge in [0, 0.05) is 46.3 Å². The van der Waals surface area contributed by atoms with Crippen LogP contribution in [0.2, 0.25) is 5.02 Å². The predicted molar refractivity (Wildman–Crippen MR) is 155 cm³/mol. The monoisotopic (exact) mass is 557 g/mol. The number of Topliss-reactive ketones (excluding diaryl/α,β-unsaturated/α-hetero) is 1. The second-order valence-corrected chi connectivity index (χ2v) is 10.6. The van der Waals surface area contributed by atoms with Crippen molar-refractivity contribution in [2.45, 2.75) is 38.0 Å². The van der Waals surface area contributed by atoms with E-state index < -0.39 is 17.8 Å². The molecule has 6 nitrogen and oxygen atoms in total. The molecule has 7 heteroatoms. The van der Waals surface area contributed by atoms with Gasteiger partial charge in [-0.15, -0.1) is 0 Å². The Morgan fingerprint density at radius 1 is 0.975 bits per heavy atom. The van der Waals surface area contributed by atoms with E-state index in [1.54, 1.807) is 26.4 Å². The van der Waals surface area contributed by atoms with E-state index in [0.29, 0.717) is 58.3 Å². The first-order chi connectivity index (χ1) is 19.4. The molecule has 0 aromatic heterocycles. The molecular formula is C33H32ClNO5. The third-order valence-electron chi connectivity index (χ3n) is 7.73. The molecule has 0 N–H and O–H groups in total. The normalized spacial score (nSPS) is 20.4. The number of carbonyl (C=O) groups is 2. The predicted octanol–water partition coefficient (Wildman–Crippen LogP) is 6.72. The molecule has 1 aliphatic carbocycles. The average Bonchev–Trinajstić information content (AvgIpc) is 2.96. The van der Waals surface area contributed by atoms with Crippen LogP contribution in [0.1, 0.15) is 48.3 Å². The van der Waals surface area contributed by atoms with Crippen molar-refractivity contribution < 1.29 is 23.8 Å². The van der Waals surface area contributed by atoms with Gasteiger partial charge < -0.3 is 14.2 Å². The van der Waals surface area contributed by atoms with Crippen LogP contribution in [-0.4, -0.2) is 38.3 Å². The van der Waals surface area contributed by atoms with Crippen molar-refractivity contribution in [2.75, 3.05) is 20.8 Å². The van der Waals surface area contributed by atoms with Crippen LogP contribution < -0.4 is 9.47 Å². The Hall–Kier alpha value is -3.90. The largest absolute Gasteiger partial charge is 0.497 e. The summed E-state index contributed by atoms with van der Waals surface area (Å²) in [5, 5.41) is 0.649. The van der Waals surface area contributed by atoms with Gasteiger partial charge in [-0.2, -0.15) is 0 Å². The van der Waals surface area contributed by atoms with Gasteiger partial charge in [0.1, 0.15) is 17.4 Å². The highest BCUT2D eigenvalue weighted by atomic mass is 35.5. The summed E-state index contributed by atoms with van der Waals surface area (Å²) >= 11 is 6.10. The quantitative estimate of drug-likeness (QED) is 0.287. The number of hydrogen-bond acceptors (Lipinski definition) is 6. The van der Waals surface area contributed by atoms with Crippen molar-refractivity contribution in [1.29, 1.82) is 0 Å². The molecule has 2 aliphatic rings. The number of esters is 1. The molecular weight excluding hydrogens is 526 g/mol. The first-order valence-electron chi connectivity index (χ1n) is 13.4. The molecule has 3 aromatic rings. The van der Waals surface area contributed by atoms with Gasteiger partial charge in [0.2, 0.25) is 0 Å². The molecule has 40 heavy (non-hydrogen) atoms. The van der Waals surface area contributed by atoms with Crippen molar-refractivity contribution in [3.05, 3.63) is 106 Å². The van der Waals surface area contributed by atoms with E-state index in [1.165, 1.54) is 0 Å². The van der Waals surface area contributed by atoms with Gasteiger partial charge in [-0.25, -0.2) is 0 Å². The van der Waals surface area contributed by atoms with Gasteiger partial charge in [0.05, 0.1) is 20.8 Å². The molecule has 0 amide bonds. The molecule has 3 aromatic carbocycles. The minimum Gasteiger partial charge on any atom is -0.497 e. The number of carbonyl (C=O) groups excluding carboxylic acids is 2. The zero-order valence-electron chi connectivity index (χ0n) is 22.9. The van der Waals surface area contributed by atoms with E-state index in [1.807, 2.05) is 67.6 Å². The number of benzene rings is 3. The number of halogens is 1. The van der Waals surface area contributed by atoms with E-state index in [2.05, 4.69) is 0 Å². The number of allylic oxidation sites excluding steroid dienone is 2. The number of aliphatic imine (C=N–C) groups is 1. The smallest absolute Gasteiger partial charge is 0.315 e. The standard InChI is InChI=1S/C33H32ClNO5/c1-20-30(33(37)40-16-15-21-7-5-4-6-8-21)31(26-19-25(38-2)13-14-29(26)39-3)32-27(35-20)17-23(18-28(32)36)22-9-11-24(34)12-10-22/h4-14,19,23,30-31H,15-18H2,1-3H3/t23-,30?,31+/m1/s1. The SMILES string of the molecule is COc1ccc(OC)c([C@@H]2C3=C(C[C@@H](c4ccc(Cl)cc4)CC3=O)N=C(C)C2C(=O)OCCc2ccccc2)c1. The first-order valence-corrected chi connectivity index (χ1v) is 13.8. The Bertz CT molecular complexity index is 1460. The zero-order chi connectivity index (χ0) is 28.2. The number of hydrogen-bond donors (Lipinski definition) is 0. The Balaban J connectivity index is 1.53. The van der Waals surface area contributed by atoms with Crippen LogP contribution in [0.3, 0.4) is 0 Å². The summed E-state index contributed by atoms with van der Waals surface area (Å²) in [6.07, 6.45) is 1.49. The van der Waals surface area contributed by atoms with Crippen LogP contribution in [0.4, 0.5) is 0 Å². The minimum atomic E-state index is -0.772. The Morgan fingerprint density at radius 3 is 2.42 bits per heavy atom. The number of ether oxygens (including phenoxy) is 3. The van der Waals surface area contributed by atoms with E-state index in [4.69, 9.17) is 30.8 Å². The highest BCUT2D eigenvalue weighted by molar-refractivity contribution is 6.30. The Labute approximate surface area is 239 Å². The van der Waals surface area contributed by atoms with Crippen molar-refractivity contribution in [1.82, 2.24) is 0 Å². The van der Waals surface area contributed by atoms with Gasteiger partial charge in [-0.1, -0.05) is 54.1 Å². The van der Waals surface area contributed by atoms with E-state index in [0.717, 1.165) is 11.1 Å². The fraction of sp³-hybridized carbons (Fsp3) is 0.303. The van der Waals surface area contributed by atoms with Gasteiger partial charge >= 0.3 is 5.97 Å². The molecule has 0 spiro atoms. The summed E-state index contributed by atoms with van der Waals surface area (Å²) in [7, 11) is 3.17. The van der Waals surface area contributed by atoms with E-state index in [-0.39, 0.29) is 18.3 Å². The Morgan fingerprint density at radius 2 is 1.73 bits per heavy atom. The van der Waals surface area contributed by atoms with Crippen LogP contribution >= 0.6 is 11.6 Å². The van der Waals surface area contributed by atoms with Crippen molar-refractivity contribution in [3.63, 3.8) is 0 Å². The molecule has 0 fully saturated rings. The highest BCUT2D eigenvalue weighted by Crippen LogP contribution is 2.49. The second kappa shape index (κ2) is 12.1. The van der Waals surface area contributed by atoms with E-state index >= 15 is 0 Å². The molecule has 0 saturated carbocycles. The first kappa shape index (κ1) is 27.7. The number of rotatable bonds is 8. The van der Waals surface area contributed by atoms with Crippen molar-refractivity contribution >= 4 is 29.1 Å². The van der Waals surface area contributed by atoms with Gasteiger partial charge in [-0.3, -0.25) is 14.6 Å². The summed E-state index contributed by atoms with van der Waals surface area (Å²) in [6.45, 7) is 2.07. The lowest BCUT2D eigenvalue weighted by Gasteiger charge is -2.37. The summed E-state index contributed by atoms with van der Waals surface area (Å²) in [5.74, 6) is -0.673. The van der Waals surface area contributed by atoms with Crippen LogP contribution in [-0.2, 0) is 20.7 Å². The van der Waals surface area contributed by atoms with Gasteiger partial charge in [0.25, 0.3) is 0 Å². The molecule has 1 heterocycles. The number of ketones is 1. The van der Waals surface area contributed by atoms with Crippen LogP contribution in [0, 0.1) is 5.92 Å². The molecule has 5 rings (SSSR count). The molecule has 1 unspecified atom stereocenters. The molecule has 1 aliphatic heterocycles. The minimum absolute atomic E-state index is 0.0257. The average molecular weight is 558 g/mol. The summed E-state index contributed by atoms with van der Waals surface area (Å²) < 4.78 is 17.1. The molecule has 0 saturated heterocycles. The third kappa shape index (κ3) is 5.68. The lowest BCUT2D eigenvalue weighted by molar-refractivity contribution is -0.146. The summed E-state index contributed by atoms with van der Waals surface area (Å²) in [6, 6.07) is 22.9. The van der Waals surface area contributed by atoms with Crippen molar-refractivity contribution in [3.8, 4) is 11.5 Å². The molecule has 3 atom stereocenters. The molecule has 206 valence electrons. The maximum atomic E-state index is 13.9. The number of methoxy groups -OCH3 is 2. The van der Waals surface area contributed by atoms with Gasteiger partial charge in [0.15, 0.2) is 5.78 Å².